The molecule has 1 amide bonds. The van der Waals surface area contributed by atoms with Crippen LogP contribution in [0.5, 0.6) is 0 Å². The Hall–Kier alpha value is -3.75. The van der Waals surface area contributed by atoms with Gasteiger partial charge in [-0.05, 0) is 79.6 Å². The zero-order valence-corrected chi connectivity index (χ0v) is 20.9. The van der Waals surface area contributed by atoms with Gasteiger partial charge in [0.2, 0.25) is 0 Å². The molecular formula is C29H30F2N4O2. The zero-order valence-electron chi connectivity index (χ0n) is 20.9. The number of hydrogen-bond acceptors (Lipinski definition) is 3. The minimum atomic E-state index is -0.576. The lowest BCUT2D eigenvalue weighted by molar-refractivity contribution is -0.124. The number of rotatable bonds is 8. The number of H-pyrrole nitrogens is 2. The smallest absolute Gasteiger partial charge is 0.267 e. The average Bonchev–Trinajstić information content (AvgIpc) is 3.57. The number of carbonyl (C=O) groups is 1. The number of aryl methyl sites for hydroxylation is 2. The fourth-order valence-corrected chi connectivity index (χ4v) is 5.43. The fraction of sp³-hybridized carbons (Fsp3) is 0.276. The van der Waals surface area contributed by atoms with Gasteiger partial charge in [-0.1, -0.05) is 18.2 Å². The highest BCUT2D eigenvalue weighted by Crippen LogP contribution is 2.38. The van der Waals surface area contributed by atoms with Crippen molar-refractivity contribution < 1.29 is 18.8 Å². The highest BCUT2D eigenvalue weighted by molar-refractivity contribution is 5.90. The molecular weight excluding hydrogens is 474 g/mol. The summed E-state index contributed by atoms with van der Waals surface area (Å²) >= 11 is 0. The van der Waals surface area contributed by atoms with Gasteiger partial charge in [0.15, 0.2) is 0 Å². The van der Waals surface area contributed by atoms with Crippen molar-refractivity contribution in [3.05, 3.63) is 99.5 Å². The van der Waals surface area contributed by atoms with Gasteiger partial charge in [0, 0.05) is 59.3 Å². The van der Waals surface area contributed by atoms with Crippen LogP contribution < -0.4 is 5.48 Å². The van der Waals surface area contributed by atoms with Crippen LogP contribution in [0.1, 0.15) is 51.7 Å². The van der Waals surface area contributed by atoms with Crippen LogP contribution in [0.15, 0.2) is 48.7 Å². The van der Waals surface area contributed by atoms with E-state index in [9.17, 15) is 13.6 Å². The Morgan fingerprint density at radius 2 is 2.05 bits per heavy atom. The summed E-state index contributed by atoms with van der Waals surface area (Å²) < 4.78 is 28.2. The summed E-state index contributed by atoms with van der Waals surface area (Å²) in [6, 6.07) is 11.1. The van der Waals surface area contributed by atoms with Crippen LogP contribution in [-0.4, -0.2) is 32.5 Å². The van der Waals surface area contributed by atoms with Crippen LogP contribution in [0.3, 0.4) is 0 Å². The summed E-state index contributed by atoms with van der Waals surface area (Å²) in [5.74, 6) is -1.03. The Bertz CT molecular complexity index is 1490. The first-order valence-corrected chi connectivity index (χ1v) is 12.4. The van der Waals surface area contributed by atoms with Crippen LogP contribution in [0.4, 0.5) is 8.78 Å². The summed E-state index contributed by atoms with van der Waals surface area (Å²) in [4.78, 5) is 20.1. The van der Waals surface area contributed by atoms with Crippen molar-refractivity contribution in [1.29, 1.82) is 0 Å². The van der Waals surface area contributed by atoms with Gasteiger partial charge < -0.3 is 9.97 Å². The number of hydroxylamine groups is 1. The largest absolute Gasteiger partial charge is 0.361 e. The summed E-state index contributed by atoms with van der Waals surface area (Å²) in [7, 11) is 0. The molecule has 0 spiro atoms. The van der Waals surface area contributed by atoms with Crippen molar-refractivity contribution in [2.24, 2.45) is 0 Å². The first-order valence-electron chi connectivity index (χ1n) is 12.4. The third kappa shape index (κ3) is 5.08. The van der Waals surface area contributed by atoms with Crippen molar-refractivity contribution in [3.8, 4) is 0 Å². The predicted octanol–water partition coefficient (Wildman–Crippen LogP) is 5.64. The molecule has 4 aromatic rings. The Balaban J connectivity index is 1.42. The molecule has 1 aliphatic carbocycles. The molecule has 0 fully saturated rings. The van der Waals surface area contributed by atoms with Gasteiger partial charge in [0.1, 0.15) is 11.6 Å². The van der Waals surface area contributed by atoms with Crippen molar-refractivity contribution in [3.63, 3.8) is 0 Å². The second-order valence-electron chi connectivity index (χ2n) is 9.71. The lowest BCUT2D eigenvalue weighted by atomic mass is 10.0. The Morgan fingerprint density at radius 1 is 1.22 bits per heavy atom. The number of carbonyl (C=O) groups excluding carboxylic acids is 1. The lowest BCUT2D eigenvalue weighted by Crippen LogP contribution is -2.30. The van der Waals surface area contributed by atoms with Crippen molar-refractivity contribution in [2.75, 3.05) is 6.54 Å². The Kier molecular flexibility index (Phi) is 6.95. The van der Waals surface area contributed by atoms with E-state index in [1.165, 1.54) is 29.3 Å². The minimum Gasteiger partial charge on any atom is -0.361 e. The predicted molar refractivity (Wildman–Crippen MR) is 139 cm³/mol. The van der Waals surface area contributed by atoms with Gasteiger partial charge in [0.05, 0.1) is 0 Å². The molecule has 8 heteroatoms. The summed E-state index contributed by atoms with van der Waals surface area (Å²) in [5.41, 5.74) is 8.89. The summed E-state index contributed by atoms with van der Waals surface area (Å²) in [6.07, 6.45) is 7.49. The molecule has 192 valence electrons. The molecule has 0 radical (unpaired) electrons. The van der Waals surface area contributed by atoms with E-state index in [-0.39, 0.29) is 17.7 Å². The Labute approximate surface area is 214 Å². The van der Waals surface area contributed by atoms with Crippen LogP contribution in [0.2, 0.25) is 0 Å². The number of aromatic nitrogens is 2. The van der Waals surface area contributed by atoms with Crippen molar-refractivity contribution in [2.45, 2.75) is 45.7 Å². The van der Waals surface area contributed by atoms with Crippen LogP contribution in [0, 0.1) is 25.5 Å². The van der Waals surface area contributed by atoms with E-state index in [0.717, 1.165) is 53.5 Å². The molecule has 2 aromatic carbocycles. The fourth-order valence-electron chi connectivity index (χ4n) is 5.43. The monoisotopic (exact) mass is 504 g/mol. The standard InChI is InChI=1S/C29H30F2N4O2/c1-17-26(33-18(2)29(17)31)16-35(12-11-21-15-32-25-14-22(30)6-8-23(21)25)27-9-5-20-13-19(3-7-24(20)27)4-10-28(36)34-37/h3-4,6-8,10,13-15,27,32-33,37H,5,9,11-12,16H2,1-2H3,(H,34,36). The lowest BCUT2D eigenvalue weighted by Gasteiger charge is -2.30. The topological polar surface area (TPSA) is 84.2 Å². The number of amides is 1. The molecule has 2 aromatic heterocycles. The molecule has 0 bridgehead atoms. The third-order valence-corrected chi connectivity index (χ3v) is 7.40. The first kappa shape index (κ1) is 24.9. The van der Waals surface area contributed by atoms with Gasteiger partial charge in [0.25, 0.3) is 5.91 Å². The summed E-state index contributed by atoms with van der Waals surface area (Å²) in [5, 5.41) is 9.72. The van der Waals surface area contributed by atoms with Gasteiger partial charge in [-0.2, -0.15) is 0 Å². The second kappa shape index (κ2) is 10.3. The van der Waals surface area contributed by atoms with Crippen molar-refractivity contribution in [1.82, 2.24) is 20.3 Å². The van der Waals surface area contributed by atoms with Crippen LogP contribution in [0.25, 0.3) is 17.0 Å². The number of benzene rings is 2. The number of halogens is 2. The molecule has 0 saturated carbocycles. The number of nitrogens with zero attached hydrogens (tertiary/aromatic N) is 1. The summed E-state index contributed by atoms with van der Waals surface area (Å²) in [6.45, 7) is 4.88. The third-order valence-electron chi connectivity index (χ3n) is 7.40. The van der Waals surface area contributed by atoms with Gasteiger partial charge in [-0.15, -0.1) is 0 Å². The van der Waals surface area contributed by atoms with E-state index in [0.29, 0.717) is 17.8 Å². The number of fused-ring (bicyclic) bond motifs is 2. The molecule has 0 aliphatic heterocycles. The normalized spacial score (nSPS) is 15.2. The highest BCUT2D eigenvalue weighted by atomic mass is 19.1. The van der Waals surface area contributed by atoms with E-state index in [4.69, 9.17) is 5.21 Å². The van der Waals surface area contributed by atoms with Gasteiger partial charge in [-0.3, -0.25) is 14.9 Å². The van der Waals surface area contributed by atoms with E-state index in [1.54, 1.807) is 18.5 Å². The van der Waals surface area contributed by atoms with E-state index in [1.807, 2.05) is 25.3 Å². The quantitative estimate of drug-likeness (QED) is 0.142. The minimum absolute atomic E-state index is 0.155. The molecule has 1 aliphatic rings. The van der Waals surface area contributed by atoms with Crippen molar-refractivity contribution >= 4 is 22.9 Å². The Morgan fingerprint density at radius 3 is 2.81 bits per heavy atom. The van der Waals surface area contributed by atoms with Crippen LogP contribution >= 0.6 is 0 Å². The number of hydrogen-bond donors (Lipinski definition) is 4. The molecule has 5 rings (SSSR count). The highest BCUT2D eigenvalue weighted by Gasteiger charge is 2.29. The molecule has 37 heavy (non-hydrogen) atoms. The maximum Gasteiger partial charge on any atom is 0.267 e. The van der Waals surface area contributed by atoms with Gasteiger partial charge >= 0.3 is 0 Å². The maximum absolute atomic E-state index is 14.5. The zero-order chi connectivity index (χ0) is 26.1. The molecule has 6 nitrogen and oxygen atoms in total. The van der Waals surface area contributed by atoms with E-state index < -0.39 is 5.91 Å². The second-order valence-corrected chi connectivity index (χ2v) is 9.71. The molecule has 4 N–H and O–H groups in total. The SMILES string of the molecule is Cc1[nH]c(CN(CCc2c[nH]c3cc(F)ccc23)C2CCc3cc(C=CC(=O)NO)ccc32)c(C)c1F. The molecule has 1 unspecified atom stereocenters. The average molecular weight is 505 g/mol. The molecule has 2 heterocycles. The number of aromatic amines is 2. The van der Waals surface area contributed by atoms with E-state index in [2.05, 4.69) is 27.0 Å². The van der Waals surface area contributed by atoms with E-state index >= 15 is 0 Å². The maximum atomic E-state index is 14.5. The van der Waals surface area contributed by atoms with Gasteiger partial charge in [-0.25, -0.2) is 14.3 Å². The number of nitrogens with one attached hydrogen (secondary N) is 3. The molecule has 1 atom stereocenters. The first-order chi connectivity index (χ1) is 17.8. The molecule has 0 saturated heterocycles. The van der Waals surface area contributed by atoms with Crippen LogP contribution in [-0.2, 0) is 24.2 Å².